The topological polar surface area (TPSA) is 26.0 Å². The summed E-state index contributed by atoms with van der Waals surface area (Å²) in [6.45, 7) is 4.24. The van der Waals surface area contributed by atoms with Crippen molar-refractivity contribution < 1.29 is 0 Å². The van der Waals surface area contributed by atoms with Crippen LogP contribution < -0.4 is 5.73 Å². The highest BCUT2D eigenvalue weighted by Crippen LogP contribution is 2.10. The summed E-state index contributed by atoms with van der Waals surface area (Å²) in [6.07, 6.45) is 1.80. The lowest BCUT2D eigenvalue weighted by Gasteiger charge is -2.01. The summed E-state index contributed by atoms with van der Waals surface area (Å²) in [5.74, 6) is 0. The molecule has 0 bridgehead atoms. The van der Waals surface area contributed by atoms with E-state index in [1.807, 2.05) is 30.3 Å². The Hall–Kier alpha value is -1.08. The van der Waals surface area contributed by atoms with Crippen molar-refractivity contribution in [1.29, 1.82) is 0 Å². The van der Waals surface area contributed by atoms with Gasteiger partial charge in [-0.25, -0.2) is 0 Å². The van der Waals surface area contributed by atoms with E-state index in [9.17, 15) is 0 Å². The Labute approximate surface area is 67.5 Å². The van der Waals surface area contributed by atoms with Crippen molar-refractivity contribution >= 4 is 5.57 Å². The number of nitrogens with two attached hydrogens (primary N) is 1. The smallest absolute Gasteiger partial charge is 0.0180 e. The van der Waals surface area contributed by atoms with E-state index in [2.05, 4.69) is 6.92 Å². The van der Waals surface area contributed by atoms with Gasteiger partial charge in [-0.1, -0.05) is 36.4 Å². The molecule has 0 atom stereocenters. The van der Waals surface area contributed by atoms with E-state index in [4.69, 9.17) is 5.73 Å². The Morgan fingerprint density at radius 3 is 2.45 bits per heavy atom. The molecule has 1 heteroatoms. The molecular weight excluding hydrogens is 134 g/mol. The van der Waals surface area contributed by atoms with Crippen LogP contribution in [0.2, 0.25) is 0 Å². The van der Waals surface area contributed by atoms with Gasteiger partial charge in [0.1, 0.15) is 0 Å². The average Bonchev–Trinajstić information content (AvgIpc) is 2.09. The molecule has 0 heterocycles. The average molecular weight is 146 g/mol. The molecule has 0 aliphatic carbocycles. The number of hydrogen-bond acceptors (Lipinski definition) is 1. The van der Waals surface area contributed by atoms with E-state index < -0.39 is 0 Å². The quantitative estimate of drug-likeness (QED) is 0.677. The van der Waals surface area contributed by atoms with Gasteiger partial charge in [0.15, 0.2) is 0 Å². The molecule has 11 heavy (non-hydrogen) atoms. The Kier molecular flexibility index (Phi) is 2.87. The molecule has 1 nitrogen and oxygen atoms in total. The number of rotatable bonds is 2. The highest BCUT2D eigenvalue weighted by Gasteiger charge is 1.94. The third-order valence-electron chi connectivity index (χ3n) is 1.61. The maximum Gasteiger partial charge on any atom is 0.0180 e. The largest absolute Gasteiger partial charge is 0.326 e. The summed E-state index contributed by atoms with van der Waals surface area (Å²) in [4.78, 5) is 0. The Morgan fingerprint density at radius 1 is 1.36 bits per heavy atom. The van der Waals surface area contributed by atoms with Crippen LogP contribution in [0.25, 0.3) is 5.57 Å². The lowest BCUT2D eigenvalue weighted by Crippen LogP contribution is -2.01. The van der Waals surface area contributed by atoms with E-state index in [1.165, 1.54) is 0 Å². The van der Waals surface area contributed by atoms with Crippen LogP contribution in [0.4, 0.5) is 0 Å². The Balaban J connectivity index is 2.92. The van der Waals surface area contributed by atoms with Gasteiger partial charge in [0.25, 0.3) is 0 Å². The van der Waals surface area contributed by atoms with E-state index in [0.29, 0.717) is 6.54 Å². The first-order valence-corrected chi connectivity index (χ1v) is 3.62. The van der Waals surface area contributed by atoms with E-state index >= 15 is 0 Å². The normalized spacial score (nSPS) is 11.6. The van der Waals surface area contributed by atoms with Gasteiger partial charge in [-0.05, 0) is 18.1 Å². The highest BCUT2D eigenvalue weighted by atomic mass is 14.5. The summed E-state index contributed by atoms with van der Waals surface area (Å²) in [7, 11) is 0. The van der Waals surface area contributed by atoms with Gasteiger partial charge in [-0.2, -0.15) is 0 Å². The molecule has 0 spiro atoms. The fraction of sp³-hybridized carbons (Fsp3) is 0.100. The minimum Gasteiger partial charge on any atom is -0.326 e. The minimum atomic E-state index is 0.549. The first-order valence-electron chi connectivity index (χ1n) is 3.62. The Morgan fingerprint density at radius 2 is 2.00 bits per heavy atom. The predicted molar refractivity (Wildman–Crippen MR) is 48.8 cm³/mol. The second kappa shape index (κ2) is 3.94. The number of allylic oxidation sites excluding steroid dienone is 1. The van der Waals surface area contributed by atoms with Crippen LogP contribution in [0.5, 0.6) is 0 Å². The molecule has 1 aromatic carbocycles. The van der Waals surface area contributed by atoms with Crippen LogP contribution in [0, 0.1) is 6.92 Å². The van der Waals surface area contributed by atoms with Gasteiger partial charge in [-0.3, -0.25) is 0 Å². The fourth-order valence-corrected chi connectivity index (χ4v) is 0.971. The van der Waals surface area contributed by atoms with Crippen molar-refractivity contribution in [2.24, 2.45) is 5.73 Å². The van der Waals surface area contributed by atoms with Crippen LogP contribution in [0.1, 0.15) is 5.56 Å². The van der Waals surface area contributed by atoms with Crippen LogP contribution in [-0.2, 0) is 0 Å². The first-order chi connectivity index (χ1) is 5.38. The van der Waals surface area contributed by atoms with E-state index in [0.717, 1.165) is 11.1 Å². The van der Waals surface area contributed by atoms with Crippen molar-refractivity contribution in [3.63, 3.8) is 0 Å². The van der Waals surface area contributed by atoms with E-state index in [-0.39, 0.29) is 0 Å². The van der Waals surface area contributed by atoms with Crippen LogP contribution in [0.3, 0.4) is 0 Å². The van der Waals surface area contributed by atoms with Crippen molar-refractivity contribution in [1.82, 2.24) is 0 Å². The highest BCUT2D eigenvalue weighted by molar-refractivity contribution is 5.66. The maximum atomic E-state index is 5.51. The summed E-state index contributed by atoms with van der Waals surface area (Å²) in [5, 5.41) is 0. The van der Waals surface area contributed by atoms with Gasteiger partial charge >= 0.3 is 0 Å². The minimum absolute atomic E-state index is 0.549. The van der Waals surface area contributed by atoms with Crippen molar-refractivity contribution in [2.45, 2.75) is 0 Å². The molecule has 0 fully saturated rings. The van der Waals surface area contributed by atoms with Crippen molar-refractivity contribution in [3.05, 3.63) is 48.9 Å². The maximum absolute atomic E-state index is 5.51. The zero-order chi connectivity index (χ0) is 8.10. The molecule has 1 aromatic rings. The molecule has 0 unspecified atom stereocenters. The summed E-state index contributed by atoms with van der Waals surface area (Å²) in [5.41, 5.74) is 7.75. The molecule has 1 rings (SSSR count). The molecule has 0 aromatic heterocycles. The van der Waals surface area contributed by atoms with E-state index in [1.54, 1.807) is 6.08 Å². The van der Waals surface area contributed by atoms with Crippen LogP contribution in [0.15, 0.2) is 36.4 Å². The monoisotopic (exact) mass is 146 g/mol. The summed E-state index contributed by atoms with van der Waals surface area (Å²) in [6, 6.07) is 10.0. The third kappa shape index (κ3) is 1.92. The van der Waals surface area contributed by atoms with Gasteiger partial charge in [0, 0.05) is 6.54 Å². The molecule has 0 saturated heterocycles. The Bertz CT molecular complexity index is 236. The van der Waals surface area contributed by atoms with Crippen LogP contribution in [-0.4, -0.2) is 6.54 Å². The molecule has 1 radical (unpaired) electrons. The summed E-state index contributed by atoms with van der Waals surface area (Å²) >= 11 is 0. The third-order valence-corrected chi connectivity index (χ3v) is 1.61. The zero-order valence-corrected chi connectivity index (χ0v) is 6.46. The molecule has 57 valence electrons. The molecule has 0 amide bonds. The zero-order valence-electron chi connectivity index (χ0n) is 6.46. The number of hydrogen-bond donors (Lipinski definition) is 1. The number of benzene rings is 1. The lowest BCUT2D eigenvalue weighted by molar-refractivity contribution is 1.26. The van der Waals surface area contributed by atoms with Gasteiger partial charge < -0.3 is 5.73 Å². The van der Waals surface area contributed by atoms with Crippen molar-refractivity contribution in [2.75, 3.05) is 6.54 Å². The molecular formula is C10H12N. The van der Waals surface area contributed by atoms with Crippen LogP contribution >= 0.6 is 0 Å². The molecule has 0 aliphatic heterocycles. The SMILES string of the molecule is [CH2]C=C(CN)c1ccccc1. The fourth-order valence-electron chi connectivity index (χ4n) is 0.971. The van der Waals surface area contributed by atoms with Gasteiger partial charge in [0.05, 0.1) is 0 Å². The molecule has 2 N–H and O–H groups in total. The molecule has 0 saturated carbocycles. The van der Waals surface area contributed by atoms with Gasteiger partial charge in [0.2, 0.25) is 0 Å². The standard InChI is InChI=1S/C10H12N/c1-2-9(8-11)10-6-4-3-5-7-10/h2-7H,1,8,11H2. The lowest BCUT2D eigenvalue weighted by atomic mass is 10.1. The first kappa shape index (κ1) is 8.02. The van der Waals surface area contributed by atoms with Crippen molar-refractivity contribution in [3.8, 4) is 0 Å². The predicted octanol–water partition coefficient (Wildman–Crippen LogP) is 1.86. The second-order valence-electron chi connectivity index (χ2n) is 2.30. The summed E-state index contributed by atoms with van der Waals surface area (Å²) < 4.78 is 0. The molecule has 0 aliphatic rings. The van der Waals surface area contributed by atoms with Gasteiger partial charge in [-0.15, -0.1) is 0 Å². The second-order valence-corrected chi connectivity index (χ2v) is 2.30.